The van der Waals surface area contributed by atoms with E-state index in [1.165, 1.54) is 24.2 Å². The van der Waals surface area contributed by atoms with Crippen LogP contribution in [0.25, 0.3) is 0 Å². The number of carbonyl (C=O) groups excluding carboxylic acids is 1. The average Bonchev–Trinajstić information content (AvgIpc) is 2.56. The molecule has 1 unspecified atom stereocenters. The maximum atomic E-state index is 12.6. The lowest BCUT2D eigenvalue weighted by molar-refractivity contribution is 0.0704. The van der Waals surface area contributed by atoms with Crippen LogP contribution in [-0.4, -0.2) is 34.3 Å². The summed E-state index contributed by atoms with van der Waals surface area (Å²) in [6, 6.07) is 0.184. The van der Waals surface area contributed by atoms with Crippen molar-refractivity contribution in [3.05, 3.63) is 15.6 Å². The fourth-order valence-electron chi connectivity index (χ4n) is 2.47. The summed E-state index contributed by atoms with van der Waals surface area (Å²) in [6.07, 6.45) is 4.46. The van der Waals surface area contributed by atoms with Crippen LogP contribution in [0, 0.1) is 13.8 Å². The SMILES string of the molecule is Cc1nc(C)c(C(=O)N2CCCCCC2CCl)s1. The highest BCUT2D eigenvalue weighted by atomic mass is 35.5. The van der Waals surface area contributed by atoms with E-state index in [2.05, 4.69) is 4.98 Å². The molecule has 0 aliphatic carbocycles. The van der Waals surface area contributed by atoms with Gasteiger partial charge in [-0.1, -0.05) is 12.8 Å². The van der Waals surface area contributed by atoms with Crippen molar-refractivity contribution < 1.29 is 4.79 Å². The second-order valence-corrected chi connectivity index (χ2v) is 6.32. The third-order valence-corrected chi connectivity index (χ3v) is 4.83. The molecule has 1 saturated heterocycles. The van der Waals surface area contributed by atoms with E-state index in [-0.39, 0.29) is 11.9 Å². The van der Waals surface area contributed by atoms with Gasteiger partial charge in [-0.2, -0.15) is 0 Å². The minimum absolute atomic E-state index is 0.116. The van der Waals surface area contributed by atoms with Crippen LogP contribution in [-0.2, 0) is 0 Å². The number of alkyl halides is 1. The Morgan fingerprint density at radius 2 is 2.22 bits per heavy atom. The Bertz CT molecular complexity index is 433. The van der Waals surface area contributed by atoms with Crippen molar-refractivity contribution in [1.29, 1.82) is 0 Å². The van der Waals surface area contributed by atoms with Gasteiger partial charge in [0.05, 0.1) is 10.7 Å². The molecule has 1 amide bonds. The quantitative estimate of drug-likeness (QED) is 0.781. The Hall–Kier alpha value is -0.610. The molecule has 2 heterocycles. The van der Waals surface area contributed by atoms with E-state index in [1.54, 1.807) is 0 Å². The highest BCUT2D eigenvalue weighted by Crippen LogP contribution is 2.24. The molecule has 1 aliphatic heterocycles. The van der Waals surface area contributed by atoms with E-state index in [9.17, 15) is 4.79 Å². The summed E-state index contributed by atoms with van der Waals surface area (Å²) < 4.78 is 0. The van der Waals surface area contributed by atoms with Gasteiger partial charge >= 0.3 is 0 Å². The van der Waals surface area contributed by atoms with Gasteiger partial charge in [0.1, 0.15) is 4.88 Å². The fourth-order valence-corrected chi connectivity index (χ4v) is 3.66. The molecule has 1 aromatic heterocycles. The molecule has 100 valence electrons. The lowest BCUT2D eigenvalue weighted by atomic mass is 10.1. The number of hydrogen-bond acceptors (Lipinski definition) is 3. The number of hydrogen-bond donors (Lipinski definition) is 0. The smallest absolute Gasteiger partial charge is 0.266 e. The van der Waals surface area contributed by atoms with E-state index in [0.29, 0.717) is 5.88 Å². The number of rotatable bonds is 2. The standard InChI is InChI=1S/C13H19ClN2OS/c1-9-12(18-10(2)15-9)13(17)16-7-5-3-4-6-11(16)8-14/h11H,3-8H2,1-2H3. The predicted molar refractivity (Wildman–Crippen MR) is 75.6 cm³/mol. The number of thiazole rings is 1. The monoisotopic (exact) mass is 286 g/mol. The first-order valence-corrected chi connectivity index (χ1v) is 7.79. The summed E-state index contributed by atoms with van der Waals surface area (Å²) in [5.74, 6) is 0.647. The molecule has 1 aromatic rings. The predicted octanol–water partition coefficient (Wildman–Crippen LogP) is 3.38. The normalized spacial score (nSPS) is 20.8. The van der Waals surface area contributed by atoms with Crippen LogP contribution in [0.3, 0.4) is 0 Å². The van der Waals surface area contributed by atoms with Crippen LogP contribution < -0.4 is 0 Å². The Morgan fingerprint density at radius 3 is 2.83 bits per heavy atom. The van der Waals surface area contributed by atoms with Crippen molar-refractivity contribution in [2.75, 3.05) is 12.4 Å². The summed E-state index contributed by atoms with van der Waals surface area (Å²) in [5.41, 5.74) is 0.847. The highest BCUT2D eigenvalue weighted by Gasteiger charge is 2.27. The van der Waals surface area contributed by atoms with Crippen LogP contribution in [0.1, 0.15) is 46.1 Å². The summed E-state index contributed by atoms with van der Waals surface area (Å²) in [6.45, 7) is 4.67. The molecule has 0 saturated carbocycles. The molecule has 18 heavy (non-hydrogen) atoms. The van der Waals surface area contributed by atoms with Crippen LogP contribution in [0.15, 0.2) is 0 Å². The summed E-state index contributed by atoms with van der Waals surface area (Å²) in [7, 11) is 0. The fraction of sp³-hybridized carbons (Fsp3) is 0.692. The molecule has 0 radical (unpaired) electrons. The lowest BCUT2D eigenvalue weighted by Gasteiger charge is -2.28. The molecule has 0 N–H and O–H groups in total. The van der Waals surface area contributed by atoms with Crippen LogP contribution >= 0.6 is 22.9 Å². The van der Waals surface area contributed by atoms with E-state index in [4.69, 9.17) is 11.6 Å². The molecule has 2 rings (SSSR count). The zero-order valence-corrected chi connectivity index (χ0v) is 12.5. The van der Waals surface area contributed by atoms with Gasteiger partial charge in [-0.15, -0.1) is 22.9 Å². The first kappa shape index (κ1) is 13.8. The minimum Gasteiger partial charge on any atom is -0.334 e. The zero-order chi connectivity index (χ0) is 13.1. The second kappa shape index (κ2) is 6.02. The molecular formula is C13H19ClN2OS. The molecule has 5 heteroatoms. The van der Waals surface area contributed by atoms with Crippen molar-refractivity contribution >= 4 is 28.8 Å². The van der Waals surface area contributed by atoms with Crippen molar-refractivity contribution in [1.82, 2.24) is 9.88 Å². The van der Waals surface area contributed by atoms with E-state index < -0.39 is 0 Å². The maximum Gasteiger partial charge on any atom is 0.266 e. The Kier molecular flexibility index (Phi) is 4.62. The van der Waals surface area contributed by atoms with Gasteiger partial charge in [0.2, 0.25) is 0 Å². The first-order chi connectivity index (χ1) is 8.63. The van der Waals surface area contributed by atoms with Crippen LogP contribution in [0.4, 0.5) is 0 Å². The summed E-state index contributed by atoms with van der Waals surface area (Å²) in [5, 5.41) is 0.952. The number of aryl methyl sites for hydroxylation is 2. The number of amides is 1. The molecule has 1 aliphatic rings. The van der Waals surface area contributed by atoms with E-state index >= 15 is 0 Å². The Balaban J connectivity index is 2.22. The van der Waals surface area contributed by atoms with Crippen molar-refractivity contribution in [2.24, 2.45) is 0 Å². The van der Waals surface area contributed by atoms with E-state index in [1.807, 2.05) is 18.7 Å². The third kappa shape index (κ3) is 2.86. The van der Waals surface area contributed by atoms with Crippen molar-refractivity contribution in [3.8, 4) is 0 Å². The maximum absolute atomic E-state index is 12.6. The van der Waals surface area contributed by atoms with Gasteiger partial charge in [-0.05, 0) is 26.7 Å². The topological polar surface area (TPSA) is 33.2 Å². The highest BCUT2D eigenvalue weighted by molar-refractivity contribution is 7.13. The summed E-state index contributed by atoms with van der Waals surface area (Å²) >= 11 is 7.51. The first-order valence-electron chi connectivity index (χ1n) is 6.44. The van der Waals surface area contributed by atoms with Gasteiger partial charge in [0, 0.05) is 18.5 Å². The van der Waals surface area contributed by atoms with Gasteiger partial charge in [0.15, 0.2) is 0 Å². The number of likely N-dealkylation sites (tertiary alicyclic amines) is 1. The van der Waals surface area contributed by atoms with Crippen molar-refractivity contribution in [3.63, 3.8) is 0 Å². The van der Waals surface area contributed by atoms with Gasteiger partial charge in [-0.25, -0.2) is 4.98 Å². The van der Waals surface area contributed by atoms with Crippen LogP contribution in [0.2, 0.25) is 0 Å². The number of halogens is 1. The average molecular weight is 287 g/mol. The minimum atomic E-state index is 0.116. The van der Waals surface area contributed by atoms with Gasteiger partial charge in [-0.3, -0.25) is 4.79 Å². The zero-order valence-electron chi connectivity index (χ0n) is 10.9. The van der Waals surface area contributed by atoms with Crippen LogP contribution in [0.5, 0.6) is 0 Å². The van der Waals surface area contributed by atoms with Gasteiger partial charge in [0.25, 0.3) is 5.91 Å². The van der Waals surface area contributed by atoms with Crippen molar-refractivity contribution in [2.45, 2.75) is 45.6 Å². The number of carbonyl (C=O) groups is 1. The lowest BCUT2D eigenvalue weighted by Crippen LogP contribution is -2.41. The summed E-state index contributed by atoms with van der Waals surface area (Å²) in [4.78, 5) is 19.7. The third-order valence-electron chi connectivity index (χ3n) is 3.41. The molecule has 0 spiro atoms. The molecule has 0 aromatic carbocycles. The van der Waals surface area contributed by atoms with E-state index in [0.717, 1.165) is 35.0 Å². The largest absolute Gasteiger partial charge is 0.334 e. The molecule has 3 nitrogen and oxygen atoms in total. The molecule has 1 atom stereocenters. The Morgan fingerprint density at radius 1 is 1.44 bits per heavy atom. The number of aromatic nitrogens is 1. The number of nitrogens with zero attached hydrogens (tertiary/aromatic N) is 2. The van der Waals surface area contributed by atoms with Gasteiger partial charge < -0.3 is 4.90 Å². The molecular weight excluding hydrogens is 268 g/mol. The Labute approximate surface area is 117 Å². The second-order valence-electron chi connectivity index (χ2n) is 4.80. The molecule has 1 fully saturated rings. The molecule has 0 bridgehead atoms.